The van der Waals surface area contributed by atoms with Crippen molar-refractivity contribution in [3.63, 3.8) is 0 Å². The quantitative estimate of drug-likeness (QED) is 0.287. The van der Waals surface area contributed by atoms with Crippen LogP contribution in [0.15, 0.2) is 29.1 Å². The van der Waals surface area contributed by atoms with Crippen LogP contribution in [0, 0.1) is 6.92 Å². The second-order valence-corrected chi connectivity index (χ2v) is 5.90. The highest BCUT2D eigenvalue weighted by atomic mass is 16.5. The van der Waals surface area contributed by atoms with E-state index in [1.165, 1.54) is 0 Å². The van der Waals surface area contributed by atoms with Gasteiger partial charge in [0.1, 0.15) is 5.75 Å². The number of rotatable bonds is 8. The molecule has 28 heavy (non-hydrogen) atoms. The molecular weight excluding hydrogens is 362 g/mol. The molecule has 0 aliphatic heterocycles. The van der Waals surface area contributed by atoms with Crippen molar-refractivity contribution >= 4 is 23.6 Å². The summed E-state index contributed by atoms with van der Waals surface area (Å²) in [5.74, 6) is 0.824. The van der Waals surface area contributed by atoms with E-state index >= 15 is 0 Å². The van der Waals surface area contributed by atoms with Gasteiger partial charge in [-0.05, 0) is 51.5 Å². The van der Waals surface area contributed by atoms with Crippen LogP contribution in [0.4, 0.5) is 11.6 Å². The monoisotopic (exact) mass is 388 g/mol. The van der Waals surface area contributed by atoms with Crippen LogP contribution >= 0.6 is 0 Å². The van der Waals surface area contributed by atoms with Crippen molar-refractivity contribution < 1.29 is 19.3 Å². The number of anilines is 1. The lowest BCUT2D eigenvalue weighted by Crippen LogP contribution is -2.73. The average Bonchev–Trinajstić information content (AvgIpc) is 2.63. The van der Waals surface area contributed by atoms with Crippen LogP contribution < -0.4 is 26.3 Å². The summed E-state index contributed by atoms with van der Waals surface area (Å²) >= 11 is 0. The fraction of sp³-hybridized carbons (Fsp3) is 0.368. The lowest BCUT2D eigenvalue weighted by Gasteiger charge is -2.05. The number of hydrogen-bond donors (Lipinski definition) is 4. The van der Waals surface area contributed by atoms with Crippen LogP contribution in [0.25, 0.3) is 0 Å². The number of nitrogens with zero attached hydrogens (tertiary/aromatic N) is 1. The number of nitrogens with one attached hydrogen (secondary N) is 3. The predicted octanol–water partition coefficient (Wildman–Crippen LogP) is 0.112. The van der Waals surface area contributed by atoms with E-state index in [9.17, 15) is 9.59 Å². The van der Waals surface area contributed by atoms with Gasteiger partial charge < -0.3 is 15.2 Å². The Morgan fingerprint density at radius 2 is 1.96 bits per heavy atom. The van der Waals surface area contributed by atoms with Gasteiger partial charge in [-0.2, -0.15) is 0 Å². The summed E-state index contributed by atoms with van der Waals surface area (Å²) in [6.45, 7) is 6.26. The Morgan fingerprint density at radius 1 is 1.25 bits per heavy atom. The first-order valence-corrected chi connectivity index (χ1v) is 9.07. The van der Waals surface area contributed by atoms with E-state index in [-0.39, 0.29) is 36.3 Å². The Bertz CT molecular complexity index is 890. The van der Waals surface area contributed by atoms with Crippen LogP contribution in [-0.4, -0.2) is 35.1 Å². The topological polar surface area (TPSA) is 133 Å². The van der Waals surface area contributed by atoms with Gasteiger partial charge in [0.05, 0.1) is 30.2 Å². The molecule has 5 N–H and O–H groups in total. The molecule has 0 fully saturated rings. The standard InChI is InChI=1S/C19H25N5O4/c1-4-27-14-8-6-13(7-9-14)22-18(20)24-19-21-12(3)15(17(26)23-19)10-11-16(25)28-5-2/h6-9H,4-5,10-11H2,1-3H3,(H4,20,21,22,23,24,26)/p+1. The van der Waals surface area contributed by atoms with Gasteiger partial charge in [0, 0.05) is 6.42 Å². The molecule has 0 spiro atoms. The molecule has 0 atom stereocenters. The molecule has 1 aromatic heterocycles. The van der Waals surface area contributed by atoms with Crippen molar-refractivity contribution in [2.24, 2.45) is 5.73 Å². The Kier molecular flexibility index (Phi) is 7.55. The molecule has 9 nitrogen and oxygen atoms in total. The van der Waals surface area contributed by atoms with Gasteiger partial charge in [-0.25, -0.2) is 9.98 Å². The van der Waals surface area contributed by atoms with Crippen LogP contribution in [0.3, 0.4) is 0 Å². The maximum absolute atomic E-state index is 12.3. The molecule has 9 heteroatoms. The van der Waals surface area contributed by atoms with E-state index in [1.54, 1.807) is 13.8 Å². The van der Waals surface area contributed by atoms with Crippen molar-refractivity contribution in [2.45, 2.75) is 33.6 Å². The van der Waals surface area contributed by atoms with Crippen molar-refractivity contribution in [2.75, 3.05) is 18.5 Å². The third-order valence-corrected chi connectivity index (χ3v) is 3.80. The minimum absolute atomic E-state index is 0.125. The highest BCUT2D eigenvalue weighted by Gasteiger charge is 2.14. The Morgan fingerprint density at radius 3 is 2.57 bits per heavy atom. The number of ether oxygens (including phenoxy) is 2. The Hall–Kier alpha value is -3.36. The largest absolute Gasteiger partial charge is 0.494 e. The molecule has 0 saturated carbocycles. The molecule has 1 aromatic carbocycles. The minimum Gasteiger partial charge on any atom is -0.494 e. The summed E-state index contributed by atoms with van der Waals surface area (Å²) < 4.78 is 10.3. The maximum atomic E-state index is 12.3. The zero-order chi connectivity index (χ0) is 20.5. The SMILES string of the molecule is CCOC(=O)CCc1c(C)nc([NH+]=C(N)Nc2ccc(OCC)cc2)[nH]c1=O. The Labute approximate surface area is 163 Å². The van der Waals surface area contributed by atoms with Crippen molar-refractivity contribution in [3.8, 4) is 5.75 Å². The summed E-state index contributed by atoms with van der Waals surface area (Å²) in [5.41, 5.74) is 7.33. The second-order valence-electron chi connectivity index (χ2n) is 5.90. The lowest BCUT2D eigenvalue weighted by atomic mass is 10.1. The number of guanidine groups is 1. The third-order valence-electron chi connectivity index (χ3n) is 3.80. The molecule has 0 bridgehead atoms. The normalized spacial score (nSPS) is 11.2. The predicted molar refractivity (Wildman–Crippen MR) is 106 cm³/mol. The number of carbonyl (C=O) groups is 1. The van der Waals surface area contributed by atoms with E-state index in [2.05, 4.69) is 20.3 Å². The number of benzene rings is 1. The Balaban J connectivity index is 2.08. The van der Waals surface area contributed by atoms with Crippen LogP contribution in [0.5, 0.6) is 5.75 Å². The molecule has 1 heterocycles. The van der Waals surface area contributed by atoms with Gasteiger partial charge >= 0.3 is 11.9 Å². The average molecular weight is 388 g/mol. The zero-order valence-corrected chi connectivity index (χ0v) is 16.3. The molecule has 0 radical (unpaired) electrons. The van der Waals surface area contributed by atoms with Gasteiger partial charge in [0.25, 0.3) is 11.5 Å². The molecular formula is C19H26N5O4+. The van der Waals surface area contributed by atoms with Crippen molar-refractivity contribution in [1.82, 2.24) is 9.97 Å². The number of aromatic nitrogens is 2. The van der Waals surface area contributed by atoms with Gasteiger partial charge in [-0.15, -0.1) is 4.98 Å². The van der Waals surface area contributed by atoms with E-state index in [0.717, 1.165) is 11.4 Å². The highest BCUT2D eigenvalue weighted by Crippen LogP contribution is 2.14. The van der Waals surface area contributed by atoms with Crippen molar-refractivity contribution in [1.29, 1.82) is 0 Å². The number of H-pyrrole nitrogens is 1. The molecule has 0 aliphatic carbocycles. The van der Waals surface area contributed by atoms with E-state index in [0.29, 0.717) is 24.5 Å². The second kappa shape index (κ2) is 10.1. The molecule has 2 rings (SSSR count). The number of aromatic amines is 1. The summed E-state index contributed by atoms with van der Waals surface area (Å²) in [6.07, 6.45) is 0.386. The maximum Gasteiger partial charge on any atom is 0.325 e. The summed E-state index contributed by atoms with van der Waals surface area (Å²) in [4.78, 5) is 33.5. The molecule has 0 saturated heterocycles. The summed E-state index contributed by atoms with van der Waals surface area (Å²) in [7, 11) is 0. The highest BCUT2D eigenvalue weighted by molar-refractivity contribution is 5.88. The minimum atomic E-state index is -0.347. The summed E-state index contributed by atoms with van der Waals surface area (Å²) in [5, 5.41) is 2.97. The van der Waals surface area contributed by atoms with Crippen LogP contribution in [0.1, 0.15) is 31.5 Å². The lowest BCUT2D eigenvalue weighted by molar-refractivity contribution is -0.365. The van der Waals surface area contributed by atoms with Gasteiger partial charge in [-0.1, -0.05) is 0 Å². The van der Waals surface area contributed by atoms with E-state index in [1.807, 2.05) is 31.2 Å². The van der Waals surface area contributed by atoms with Crippen LogP contribution in [-0.2, 0) is 16.0 Å². The first kappa shape index (κ1) is 20.9. The molecule has 0 aliphatic rings. The molecule has 0 amide bonds. The van der Waals surface area contributed by atoms with E-state index in [4.69, 9.17) is 15.2 Å². The first-order chi connectivity index (χ1) is 13.4. The number of nitrogens with two attached hydrogens (primary N) is 1. The van der Waals surface area contributed by atoms with Crippen LogP contribution in [0.2, 0.25) is 0 Å². The number of hydrogen-bond acceptors (Lipinski definition) is 5. The van der Waals surface area contributed by atoms with Gasteiger partial charge in [-0.3, -0.25) is 14.9 Å². The van der Waals surface area contributed by atoms with Gasteiger partial charge in [0.15, 0.2) is 0 Å². The number of carbonyl (C=O) groups excluding carboxylic acids is 1. The van der Waals surface area contributed by atoms with E-state index < -0.39 is 0 Å². The molecule has 0 unspecified atom stereocenters. The summed E-state index contributed by atoms with van der Waals surface area (Å²) in [6, 6.07) is 7.28. The molecule has 150 valence electrons. The fourth-order valence-corrected chi connectivity index (χ4v) is 2.54. The smallest absolute Gasteiger partial charge is 0.325 e. The zero-order valence-electron chi connectivity index (χ0n) is 16.3. The number of aryl methyl sites for hydroxylation is 1. The van der Waals surface area contributed by atoms with Crippen molar-refractivity contribution in [3.05, 3.63) is 45.9 Å². The molecule has 2 aromatic rings. The fourth-order valence-electron chi connectivity index (χ4n) is 2.54. The first-order valence-electron chi connectivity index (χ1n) is 9.07. The third kappa shape index (κ3) is 6.11. The number of esters is 1. The van der Waals surface area contributed by atoms with Gasteiger partial charge in [0.2, 0.25) is 0 Å².